The van der Waals surface area contributed by atoms with Crippen molar-refractivity contribution in [3.63, 3.8) is 0 Å². The number of aliphatic carboxylic acids is 1. The number of carboxylic acids is 1. The molecule has 0 fully saturated rings. The zero-order chi connectivity index (χ0) is 42.0. The Morgan fingerprint density at radius 2 is 1.52 bits per heavy atom. The molecule has 58 heavy (non-hydrogen) atoms. The zero-order valence-electron chi connectivity index (χ0n) is 33.2. The van der Waals surface area contributed by atoms with Gasteiger partial charge in [-0.15, -0.1) is 0 Å². The second kappa shape index (κ2) is 18.6. The Morgan fingerprint density at radius 3 is 2.21 bits per heavy atom. The number of unbranched alkanes of at least 4 members (excludes halogenated alkanes) is 2. The number of urea groups is 1. The first-order valence-electron chi connectivity index (χ1n) is 18.4. The minimum atomic E-state index is -3.65. The van der Waals surface area contributed by atoms with Crippen LogP contribution < -0.4 is 40.2 Å². The van der Waals surface area contributed by atoms with E-state index in [4.69, 9.17) is 19.3 Å². The summed E-state index contributed by atoms with van der Waals surface area (Å²) in [5, 5.41) is 22.0. The smallest absolute Gasteiger partial charge is 0.323 e. The van der Waals surface area contributed by atoms with Crippen molar-refractivity contribution in [1.82, 2.24) is 10.3 Å². The Kier molecular flexibility index (Phi) is 13.7. The Morgan fingerprint density at radius 1 is 0.793 bits per heavy atom. The van der Waals surface area contributed by atoms with Gasteiger partial charge < -0.3 is 40.6 Å². The lowest BCUT2D eigenvalue weighted by atomic mass is 9.86. The van der Waals surface area contributed by atoms with Gasteiger partial charge in [-0.1, -0.05) is 51.5 Å². The highest BCUT2D eigenvalue weighted by Crippen LogP contribution is 2.40. The van der Waals surface area contributed by atoms with Crippen molar-refractivity contribution in [2.24, 2.45) is 0 Å². The molecule has 0 aliphatic rings. The van der Waals surface area contributed by atoms with Crippen LogP contribution in [0.2, 0.25) is 0 Å². The quantitative estimate of drug-likeness (QED) is 0.0491. The summed E-state index contributed by atoms with van der Waals surface area (Å²) in [6, 6.07) is 22.3. The molecule has 5 rings (SSSR count). The Balaban J connectivity index is 1.29. The largest absolute Gasteiger partial charge is 0.496 e. The van der Waals surface area contributed by atoms with Crippen molar-refractivity contribution >= 4 is 67.3 Å². The number of rotatable bonds is 17. The molecule has 0 radical (unpaired) electrons. The summed E-state index contributed by atoms with van der Waals surface area (Å²) in [4.78, 5) is 41.4. The number of pyridine rings is 1. The van der Waals surface area contributed by atoms with Crippen LogP contribution in [0.1, 0.15) is 62.4 Å². The van der Waals surface area contributed by atoms with Crippen molar-refractivity contribution in [3.8, 4) is 23.0 Å². The highest BCUT2D eigenvalue weighted by molar-refractivity contribution is 7.92. The molecule has 6 N–H and O–H groups in total. The molecule has 16 heteroatoms. The highest BCUT2D eigenvalue weighted by atomic mass is 32.2. The van der Waals surface area contributed by atoms with Crippen LogP contribution >= 0.6 is 0 Å². The molecular weight excluding hydrogens is 765 g/mol. The summed E-state index contributed by atoms with van der Waals surface area (Å²) in [5.41, 5.74) is 2.36. The summed E-state index contributed by atoms with van der Waals surface area (Å²) in [6.07, 6.45) is 4.66. The average Bonchev–Trinajstić information content (AvgIpc) is 3.16. The maximum absolute atomic E-state index is 13.5. The summed E-state index contributed by atoms with van der Waals surface area (Å²) >= 11 is 0. The van der Waals surface area contributed by atoms with E-state index in [0.717, 1.165) is 17.2 Å². The van der Waals surface area contributed by atoms with E-state index in [9.17, 15) is 22.8 Å². The van der Waals surface area contributed by atoms with Gasteiger partial charge in [0.1, 0.15) is 23.1 Å². The van der Waals surface area contributed by atoms with Crippen molar-refractivity contribution in [2.45, 2.75) is 51.9 Å². The van der Waals surface area contributed by atoms with E-state index < -0.39 is 22.0 Å². The van der Waals surface area contributed by atoms with Crippen LogP contribution in [0.5, 0.6) is 23.0 Å². The van der Waals surface area contributed by atoms with E-state index in [0.29, 0.717) is 71.2 Å². The summed E-state index contributed by atoms with van der Waals surface area (Å²) in [7, 11) is -0.777. The third-order valence-electron chi connectivity index (χ3n) is 8.87. The fraction of sp³-hybridized carbons (Fsp3) is 0.286. The van der Waals surface area contributed by atoms with E-state index in [-0.39, 0.29) is 34.9 Å². The van der Waals surface area contributed by atoms with Gasteiger partial charge in [-0.3, -0.25) is 14.3 Å². The number of amides is 3. The maximum atomic E-state index is 13.5. The molecule has 0 saturated heterocycles. The number of fused-ring (bicyclic) bond motifs is 1. The van der Waals surface area contributed by atoms with Gasteiger partial charge in [0.25, 0.3) is 5.91 Å². The molecular formula is C42H48N6O9S. The summed E-state index contributed by atoms with van der Waals surface area (Å²) < 4.78 is 44.2. The second-order valence-electron chi connectivity index (χ2n) is 14.4. The van der Waals surface area contributed by atoms with Gasteiger partial charge in [0.15, 0.2) is 5.75 Å². The van der Waals surface area contributed by atoms with Crippen LogP contribution in [-0.4, -0.2) is 63.4 Å². The number of carboxylic acid groups (broad SMARTS) is 1. The number of hydrogen-bond donors (Lipinski definition) is 6. The first kappa shape index (κ1) is 42.6. The number of carbonyl (C=O) groups is 3. The molecule has 0 saturated carbocycles. The third kappa shape index (κ3) is 11.5. The Hall–Kier alpha value is -6.55. The van der Waals surface area contributed by atoms with Crippen molar-refractivity contribution < 1.29 is 42.1 Å². The lowest BCUT2D eigenvalue weighted by molar-refractivity contribution is -0.137. The molecule has 0 aliphatic carbocycles. The number of methoxy groups -OCH3 is 2. The van der Waals surface area contributed by atoms with Gasteiger partial charge in [-0.05, 0) is 66.3 Å². The fourth-order valence-electron chi connectivity index (χ4n) is 6.05. The predicted octanol–water partition coefficient (Wildman–Crippen LogP) is 8.48. The lowest BCUT2D eigenvalue weighted by Crippen LogP contribution is -2.25. The van der Waals surface area contributed by atoms with Gasteiger partial charge in [-0.25, -0.2) is 18.2 Å². The maximum Gasteiger partial charge on any atom is 0.323 e. The topological polar surface area (TPSA) is 206 Å². The third-order valence-corrected chi connectivity index (χ3v) is 9.46. The molecule has 0 bridgehead atoms. The first-order chi connectivity index (χ1) is 27.5. The molecule has 0 unspecified atom stereocenters. The molecule has 3 amide bonds. The molecule has 4 aromatic carbocycles. The summed E-state index contributed by atoms with van der Waals surface area (Å²) in [5.74, 6) is 0.866. The SMILES string of the molecule is COc1cc(Nc2cc(Oc3ccc(NC(=O)Nc4cc(C(C)(C)C)cc(NS(C)(=O)=O)c4OC)c4ccccc34)ccn2)ccc1C(=O)NCCCCCC(=O)O. The minimum absolute atomic E-state index is 0.106. The molecule has 0 aliphatic heterocycles. The number of nitrogens with one attached hydrogen (secondary N) is 5. The first-order valence-corrected chi connectivity index (χ1v) is 20.3. The van der Waals surface area contributed by atoms with Gasteiger partial charge in [0.05, 0.1) is 43.1 Å². The second-order valence-corrected chi connectivity index (χ2v) is 16.2. The molecule has 306 valence electrons. The molecule has 15 nitrogen and oxygen atoms in total. The number of sulfonamides is 1. The molecule has 1 aromatic heterocycles. The number of hydrogen-bond acceptors (Lipinski definition) is 10. The van der Waals surface area contributed by atoms with Gasteiger partial charge in [-0.2, -0.15) is 0 Å². The highest BCUT2D eigenvalue weighted by Gasteiger charge is 2.23. The zero-order valence-corrected chi connectivity index (χ0v) is 34.0. The van der Waals surface area contributed by atoms with Gasteiger partial charge in [0, 0.05) is 47.8 Å². The van der Waals surface area contributed by atoms with Crippen LogP contribution in [-0.2, 0) is 20.2 Å². The predicted molar refractivity (Wildman–Crippen MR) is 226 cm³/mol. The molecule has 1 heterocycles. The van der Waals surface area contributed by atoms with Crippen molar-refractivity contribution in [3.05, 3.63) is 96.2 Å². The number of aromatic nitrogens is 1. The number of nitrogens with zero attached hydrogens (tertiary/aromatic N) is 1. The van der Waals surface area contributed by atoms with Gasteiger partial charge >= 0.3 is 12.0 Å². The minimum Gasteiger partial charge on any atom is -0.496 e. The fourth-order valence-corrected chi connectivity index (χ4v) is 6.60. The average molecular weight is 813 g/mol. The van der Waals surface area contributed by atoms with E-state index >= 15 is 0 Å². The van der Waals surface area contributed by atoms with Crippen molar-refractivity contribution in [2.75, 3.05) is 47.7 Å². The Labute approximate surface area is 337 Å². The number of anilines is 5. The van der Waals surface area contributed by atoms with Crippen LogP contribution in [0, 0.1) is 0 Å². The van der Waals surface area contributed by atoms with E-state index in [1.54, 1.807) is 60.8 Å². The van der Waals surface area contributed by atoms with Crippen LogP contribution in [0.25, 0.3) is 10.8 Å². The van der Waals surface area contributed by atoms with Gasteiger partial charge in [0.2, 0.25) is 10.0 Å². The van der Waals surface area contributed by atoms with Crippen LogP contribution in [0.3, 0.4) is 0 Å². The number of carbonyl (C=O) groups excluding carboxylic acids is 2. The van der Waals surface area contributed by atoms with E-state index in [2.05, 4.69) is 31.0 Å². The monoisotopic (exact) mass is 812 g/mol. The van der Waals surface area contributed by atoms with Crippen LogP contribution in [0.15, 0.2) is 85.1 Å². The molecule has 0 atom stereocenters. The number of ether oxygens (including phenoxy) is 3. The van der Waals surface area contributed by atoms with E-state index in [1.807, 2.05) is 45.0 Å². The summed E-state index contributed by atoms with van der Waals surface area (Å²) in [6.45, 7) is 6.34. The standard InChI is InChI=1S/C42H48N6O9S/c1-42(2,3)26-22-33(39(56-5)34(23-26)48-58(6,53)54)47-41(52)46-32-17-18-35(30-13-10-9-12-29(30)32)57-28-19-21-43-37(25-28)45-27-15-16-31(36(24-27)55-4)40(51)44-20-11-7-8-14-38(49)50/h9-10,12-13,15-19,21-25,48H,7-8,11,14,20H2,1-6H3,(H,43,45)(H,44,51)(H,49,50)(H2,46,47,52). The normalized spacial score (nSPS) is 11.3. The lowest BCUT2D eigenvalue weighted by Gasteiger charge is -2.24. The van der Waals surface area contributed by atoms with Crippen molar-refractivity contribution in [1.29, 1.82) is 0 Å². The molecule has 0 spiro atoms. The molecule has 5 aromatic rings. The van der Waals surface area contributed by atoms with E-state index in [1.165, 1.54) is 14.2 Å². The van der Waals surface area contributed by atoms with Crippen LogP contribution in [0.4, 0.5) is 33.4 Å². The Bertz CT molecular complexity index is 2420. The number of benzene rings is 4.